The van der Waals surface area contributed by atoms with Crippen LogP contribution in [-0.4, -0.2) is 121 Å². The SMILES string of the molecule is O=C1OCCC/C=C\[C@@H]2O[C@]34C=CCN(CCN5CCOCC5)C(=O)C3N(CCCO)C(=O)[C@@H]4[C@H]12. The number of carbonyl (C=O) groups is 3. The second-order valence-corrected chi connectivity index (χ2v) is 9.83. The molecule has 2 amide bonds. The van der Waals surface area contributed by atoms with Gasteiger partial charge in [0, 0.05) is 45.9 Å². The summed E-state index contributed by atoms with van der Waals surface area (Å²) in [5.41, 5.74) is -1.24. The minimum Gasteiger partial charge on any atom is -0.465 e. The molecular weight excluding hydrogens is 454 g/mol. The minimum absolute atomic E-state index is 0.101. The van der Waals surface area contributed by atoms with E-state index in [0.717, 1.165) is 26.1 Å². The minimum atomic E-state index is -1.24. The standard InChI is InChI=1S/C25H35N3O7/c29-14-5-9-28-21-23(31)27(11-10-26-12-16-33-17-13-26)8-4-7-25(21)20(22(28)30)19-18(35-25)6-2-1-3-15-34-24(19)32/h2,4,6-7,18-21,29H,1,3,5,8-17H2/b6-2-/t18-,19+,20-,21?,25-/m0/s1. The van der Waals surface area contributed by atoms with Gasteiger partial charge >= 0.3 is 5.97 Å². The van der Waals surface area contributed by atoms with Crippen LogP contribution in [0.1, 0.15) is 19.3 Å². The molecular formula is C25H35N3O7. The molecule has 3 fully saturated rings. The van der Waals surface area contributed by atoms with Gasteiger partial charge in [0.05, 0.1) is 31.8 Å². The summed E-state index contributed by atoms with van der Waals surface area (Å²) in [6.45, 7) is 5.10. The van der Waals surface area contributed by atoms with Crippen LogP contribution >= 0.6 is 0 Å². The zero-order valence-electron chi connectivity index (χ0n) is 20.0. The Morgan fingerprint density at radius 2 is 1.86 bits per heavy atom. The predicted molar refractivity (Wildman–Crippen MR) is 124 cm³/mol. The number of hydrogen-bond donors (Lipinski definition) is 1. The topological polar surface area (TPSA) is 109 Å². The van der Waals surface area contributed by atoms with Gasteiger partial charge in [-0.15, -0.1) is 0 Å². The van der Waals surface area contributed by atoms with Gasteiger partial charge in [0.1, 0.15) is 17.6 Å². The van der Waals surface area contributed by atoms with Gasteiger partial charge in [-0.3, -0.25) is 19.3 Å². The number of nitrogens with zero attached hydrogens (tertiary/aromatic N) is 3. The van der Waals surface area contributed by atoms with Crippen LogP contribution < -0.4 is 0 Å². The Labute approximate surface area is 205 Å². The van der Waals surface area contributed by atoms with Crippen molar-refractivity contribution in [3.8, 4) is 0 Å². The van der Waals surface area contributed by atoms with Crippen molar-refractivity contribution in [1.29, 1.82) is 0 Å². The molecule has 0 aliphatic carbocycles. The molecule has 1 spiro atoms. The fraction of sp³-hybridized carbons (Fsp3) is 0.720. The Morgan fingerprint density at radius 3 is 2.66 bits per heavy atom. The van der Waals surface area contributed by atoms with Crippen molar-refractivity contribution in [3.63, 3.8) is 0 Å². The number of likely N-dealkylation sites (tertiary alicyclic amines) is 1. The Hall–Kier alpha value is -2.27. The Morgan fingerprint density at radius 1 is 1.03 bits per heavy atom. The van der Waals surface area contributed by atoms with Crippen molar-refractivity contribution in [3.05, 3.63) is 24.3 Å². The van der Waals surface area contributed by atoms with Gasteiger partial charge < -0.3 is 29.1 Å². The van der Waals surface area contributed by atoms with E-state index >= 15 is 0 Å². The number of esters is 1. The summed E-state index contributed by atoms with van der Waals surface area (Å²) < 4.78 is 17.5. The third-order valence-corrected chi connectivity index (χ3v) is 7.78. The normalized spacial score (nSPS) is 36.5. The number of amides is 2. The Kier molecular flexibility index (Phi) is 7.24. The fourth-order valence-electron chi connectivity index (χ4n) is 6.07. The maximum absolute atomic E-state index is 14.0. The summed E-state index contributed by atoms with van der Waals surface area (Å²) >= 11 is 0. The van der Waals surface area contributed by atoms with Gasteiger partial charge in [-0.05, 0) is 19.3 Å². The molecule has 10 heteroatoms. The molecule has 5 aliphatic heterocycles. The lowest BCUT2D eigenvalue weighted by atomic mass is 9.78. The number of carbonyl (C=O) groups excluding carboxylic acids is 3. The highest BCUT2D eigenvalue weighted by Crippen LogP contribution is 2.53. The lowest BCUT2D eigenvalue weighted by molar-refractivity contribution is -0.154. The van der Waals surface area contributed by atoms with E-state index in [-0.39, 0.29) is 25.0 Å². The van der Waals surface area contributed by atoms with Gasteiger partial charge in [0.25, 0.3) is 0 Å². The monoisotopic (exact) mass is 489 g/mol. The summed E-state index contributed by atoms with van der Waals surface area (Å²) in [6.07, 6.45) is 8.74. The second kappa shape index (κ2) is 10.4. The van der Waals surface area contributed by atoms with E-state index in [9.17, 15) is 19.5 Å². The van der Waals surface area contributed by atoms with Crippen LogP contribution in [0.5, 0.6) is 0 Å². The third kappa shape index (κ3) is 4.41. The molecule has 10 nitrogen and oxygen atoms in total. The first-order chi connectivity index (χ1) is 17.1. The zero-order chi connectivity index (χ0) is 24.4. The van der Waals surface area contributed by atoms with Crippen molar-refractivity contribution >= 4 is 17.8 Å². The molecule has 1 N–H and O–H groups in total. The van der Waals surface area contributed by atoms with E-state index in [1.165, 1.54) is 4.90 Å². The Balaban J connectivity index is 1.46. The Bertz CT molecular complexity index is 886. The van der Waals surface area contributed by atoms with Gasteiger partial charge in [-0.25, -0.2) is 0 Å². The third-order valence-electron chi connectivity index (χ3n) is 7.78. The number of fused-ring (bicyclic) bond motifs is 2. The van der Waals surface area contributed by atoms with E-state index in [1.807, 2.05) is 24.3 Å². The number of hydrogen-bond acceptors (Lipinski definition) is 8. The van der Waals surface area contributed by atoms with Crippen LogP contribution in [0.2, 0.25) is 0 Å². The van der Waals surface area contributed by atoms with Crippen molar-refractivity contribution in [2.75, 3.05) is 65.7 Å². The molecule has 5 aliphatic rings. The molecule has 5 rings (SSSR count). The van der Waals surface area contributed by atoms with E-state index in [2.05, 4.69) is 4.90 Å². The summed E-state index contributed by atoms with van der Waals surface area (Å²) in [5.74, 6) is -2.56. The van der Waals surface area contributed by atoms with E-state index in [0.29, 0.717) is 45.8 Å². The van der Waals surface area contributed by atoms with Crippen LogP contribution in [0.15, 0.2) is 24.3 Å². The first-order valence-electron chi connectivity index (χ1n) is 12.8. The smallest absolute Gasteiger partial charge is 0.312 e. The lowest BCUT2D eigenvalue weighted by Gasteiger charge is -2.36. The number of allylic oxidation sites excluding steroid dienone is 1. The highest BCUT2D eigenvalue weighted by Gasteiger charge is 2.71. The van der Waals surface area contributed by atoms with E-state index in [4.69, 9.17) is 14.2 Å². The van der Waals surface area contributed by atoms with Crippen LogP contribution in [0.3, 0.4) is 0 Å². The number of ether oxygens (including phenoxy) is 3. The number of morpholine rings is 1. The lowest BCUT2D eigenvalue weighted by Crippen LogP contribution is -2.56. The van der Waals surface area contributed by atoms with Gasteiger partial charge in [-0.2, -0.15) is 0 Å². The maximum atomic E-state index is 14.0. The molecule has 192 valence electrons. The molecule has 0 aromatic rings. The first kappa shape index (κ1) is 24.4. The maximum Gasteiger partial charge on any atom is 0.312 e. The van der Waals surface area contributed by atoms with E-state index in [1.54, 1.807) is 4.90 Å². The van der Waals surface area contributed by atoms with Crippen LogP contribution in [-0.2, 0) is 28.6 Å². The van der Waals surface area contributed by atoms with Gasteiger partial charge in [0.15, 0.2) is 0 Å². The molecule has 0 bridgehead atoms. The molecule has 35 heavy (non-hydrogen) atoms. The quantitative estimate of drug-likeness (QED) is 0.396. The molecule has 0 saturated carbocycles. The largest absolute Gasteiger partial charge is 0.465 e. The van der Waals surface area contributed by atoms with Crippen molar-refractivity contribution < 1.29 is 33.7 Å². The molecule has 5 heterocycles. The second-order valence-electron chi connectivity index (χ2n) is 9.83. The molecule has 1 unspecified atom stereocenters. The number of cyclic esters (lactones) is 1. The molecule has 0 aromatic heterocycles. The fourth-order valence-corrected chi connectivity index (χ4v) is 6.07. The highest BCUT2D eigenvalue weighted by molar-refractivity contribution is 5.99. The average molecular weight is 490 g/mol. The van der Waals surface area contributed by atoms with Crippen LogP contribution in [0.25, 0.3) is 0 Å². The molecule has 0 radical (unpaired) electrons. The summed E-state index contributed by atoms with van der Waals surface area (Å²) in [4.78, 5) is 46.5. The van der Waals surface area contributed by atoms with Gasteiger partial charge in [0.2, 0.25) is 11.8 Å². The number of aliphatic hydroxyl groups excluding tert-OH is 1. The number of aliphatic hydroxyl groups is 1. The predicted octanol–water partition coefficient (Wildman–Crippen LogP) is -0.427. The highest BCUT2D eigenvalue weighted by atomic mass is 16.6. The van der Waals surface area contributed by atoms with Crippen molar-refractivity contribution in [2.24, 2.45) is 11.8 Å². The molecule has 0 aromatic carbocycles. The average Bonchev–Trinajstić information content (AvgIpc) is 3.27. The van der Waals surface area contributed by atoms with Crippen molar-refractivity contribution in [2.45, 2.75) is 37.0 Å². The number of rotatable bonds is 6. The van der Waals surface area contributed by atoms with E-state index < -0.39 is 35.6 Å². The van der Waals surface area contributed by atoms with Crippen molar-refractivity contribution in [1.82, 2.24) is 14.7 Å². The first-order valence-corrected chi connectivity index (χ1v) is 12.8. The van der Waals surface area contributed by atoms with Crippen LogP contribution in [0.4, 0.5) is 0 Å². The van der Waals surface area contributed by atoms with Gasteiger partial charge in [-0.1, -0.05) is 24.3 Å². The van der Waals surface area contributed by atoms with Crippen LogP contribution in [0, 0.1) is 11.8 Å². The molecule has 5 atom stereocenters. The summed E-state index contributed by atoms with van der Waals surface area (Å²) in [5, 5.41) is 9.46. The zero-order valence-corrected chi connectivity index (χ0v) is 20.0. The summed E-state index contributed by atoms with van der Waals surface area (Å²) in [6, 6.07) is -0.883. The summed E-state index contributed by atoms with van der Waals surface area (Å²) in [7, 11) is 0. The molecule has 3 saturated heterocycles.